The van der Waals surface area contributed by atoms with E-state index in [0.29, 0.717) is 18.0 Å². The number of hydrogen-bond acceptors (Lipinski definition) is 4. The number of hydrogen-bond donors (Lipinski definition) is 2. The summed E-state index contributed by atoms with van der Waals surface area (Å²) in [5, 5.41) is 17.1. The Morgan fingerprint density at radius 1 is 1.45 bits per heavy atom. The molecule has 1 aromatic rings. The summed E-state index contributed by atoms with van der Waals surface area (Å²) in [4.78, 5) is 10.7. The van der Waals surface area contributed by atoms with Crippen LogP contribution in [0, 0.1) is 0 Å². The molecule has 0 aromatic carbocycles. The summed E-state index contributed by atoms with van der Waals surface area (Å²) in [6.07, 6.45) is 8.15. The maximum atomic E-state index is 10.7. The molecule has 2 aliphatic rings. The lowest BCUT2D eigenvalue weighted by molar-refractivity contribution is -0.105. The second kappa shape index (κ2) is 5.09. The van der Waals surface area contributed by atoms with Gasteiger partial charge in [-0.1, -0.05) is 0 Å². The maximum absolute atomic E-state index is 10.7. The molecule has 110 valence electrons. The number of carbonyl (C=O) groups is 1. The van der Waals surface area contributed by atoms with Crippen molar-refractivity contribution in [3.05, 3.63) is 6.20 Å². The molecule has 3 rings (SSSR count). The van der Waals surface area contributed by atoms with Gasteiger partial charge in [0.15, 0.2) is 0 Å². The van der Waals surface area contributed by atoms with Crippen molar-refractivity contribution in [3.8, 4) is 5.88 Å². The number of aromatic nitrogens is 2. The van der Waals surface area contributed by atoms with Crippen molar-refractivity contribution in [2.24, 2.45) is 0 Å². The fourth-order valence-corrected chi connectivity index (χ4v) is 2.64. The van der Waals surface area contributed by atoms with E-state index in [1.165, 1.54) is 0 Å². The minimum atomic E-state index is -0.555. The van der Waals surface area contributed by atoms with E-state index in [-0.39, 0.29) is 12.1 Å². The molecular weight excluding hydrogens is 258 g/mol. The van der Waals surface area contributed by atoms with Crippen LogP contribution < -0.4 is 10.1 Å². The van der Waals surface area contributed by atoms with Crippen LogP contribution in [-0.2, 0) is 4.79 Å². The molecule has 0 bridgehead atoms. The first-order valence-electron chi connectivity index (χ1n) is 7.26. The highest BCUT2D eigenvalue weighted by molar-refractivity contribution is 5.73. The van der Waals surface area contributed by atoms with Crippen LogP contribution in [0.15, 0.2) is 6.20 Å². The number of ether oxygens (including phenoxy) is 1. The fourth-order valence-electron chi connectivity index (χ4n) is 2.64. The highest BCUT2D eigenvalue weighted by Crippen LogP contribution is 2.37. The van der Waals surface area contributed by atoms with E-state index in [0.717, 1.165) is 38.5 Å². The zero-order valence-electron chi connectivity index (χ0n) is 11.7. The number of nitrogens with one attached hydrogen (secondary N) is 1. The van der Waals surface area contributed by atoms with E-state index >= 15 is 0 Å². The first-order chi connectivity index (χ1) is 9.57. The average Bonchev–Trinajstić information content (AvgIpc) is 3.12. The lowest BCUT2D eigenvalue weighted by Crippen LogP contribution is -2.31. The van der Waals surface area contributed by atoms with Gasteiger partial charge in [0.05, 0.1) is 17.8 Å². The summed E-state index contributed by atoms with van der Waals surface area (Å²) < 4.78 is 7.59. The number of nitrogens with zero attached hydrogens (tertiary/aromatic N) is 2. The van der Waals surface area contributed by atoms with Crippen molar-refractivity contribution < 1.29 is 14.6 Å². The van der Waals surface area contributed by atoms with Gasteiger partial charge in [0.1, 0.15) is 11.8 Å². The number of aliphatic hydroxyl groups is 1. The van der Waals surface area contributed by atoms with Gasteiger partial charge in [-0.05, 0) is 45.4 Å². The van der Waals surface area contributed by atoms with E-state index in [1.54, 1.807) is 0 Å². The molecule has 6 nitrogen and oxygen atoms in total. The molecule has 0 saturated heterocycles. The van der Waals surface area contributed by atoms with E-state index in [4.69, 9.17) is 4.74 Å². The third-order valence-corrected chi connectivity index (χ3v) is 4.12. The van der Waals surface area contributed by atoms with Gasteiger partial charge < -0.3 is 15.2 Å². The number of anilines is 1. The molecule has 0 spiro atoms. The van der Waals surface area contributed by atoms with Crippen LogP contribution in [0.25, 0.3) is 0 Å². The lowest BCUT2D eigenvalue weighted by Gasteiger charge is -2.32. The molecule has 0 unspecified atom stereocenters. The van der Waals surface area contributed by atoms with Gasteiger partial charge in [-0.15, -0.1) is 5.10 Å². The molecule has 1 amide bonds. The van der Waals surface area contributed by atoms with Crippen LogP contribution in [0.2, 0.25) is 0 Å². The molecule has 2 saturated carbocycles. The van der Waals surface area contributed by atoms with Crippen LogP contribution >= 0.6 is 0 Å². The van der Waals surface area contributed by atoms with Gasteiger partial charge in [0.25, 0.3) is 5.88 Å². The highest BCUT2D eigenvalue weighted by Gasteiger charge is 2.31. The van der Waals surface area contributed by atoms with E-state index in [9.17, 15) is 9.90 Å². The van der Waals surface area contributed by atoms with Crippen LogP contribution in [0.5, 0.6) is 5.88 Å². The summed E-state index contributed by atoms with van der Waals surface area (Å²) >= 11 is 0. The Morgan fingerprint density at radius 2 is 2.15 bits per heavy atom. The molecule has 1 heterocycles. The minimum Gasteiger partial charge on any atom is -0.472 e. The normalized spacial score (nSPS) is 30.0. The third-order valence-electron chi connectivity index (χ3n) is 4.12. The smallest absolute Gasteiger partial charge is 0.257 e. The van der Waals surface area contributed by atoms with Gasteiger partial charge in [0.2, 0.25) is 6.41 Å². The quantitative estimate of drug-likeness (QED) is 0.807. The zero-order chi connectivity index (χ0) is 14.2. The number of carbonyl (C=O) groups excluding carboxylic acids is 1. The van der Waals surface area contributed by atoms with Crippen LogP contribution in [0.3, 0.4) is 0 Å². The van der Waals surface area contributed by atoms with Crippen molar-refractivity contribution in [1.29, 1.82) is 0 Å². The molecule has 20 heavy (non-hydrogen) atoms. The summed E-state index contributed by atoms with van der Waals surface area (Å²) in [7, 11) is 0. The topological polar surface area (TPSA) is 76.4 Å². The van der Waals surface area contributed by atoms with Crippen molar-refractivity contribution in [2.45, 2.75) is 63.2 Å². The van der Waals surface area contributed by atoms with E-state index in [2.05, 4.69) is 10.4 Å². The fraction of sp³-hybridized carbons (Fsp3) is 0.714. The number of rotatable bonds is 5. The Kier molecular flexibility index (Phi) is 3.41. The monoisotopic (exact) mass is 279 g/mol. The van der Waals surface area contributed by atoms with Gasteiger partial charge in [-0.25, -0.2) is 0 Å². The zero-order valence-corrected chi connectivity index (χ0v) is 11.7. The van der Waals surface area contributed by atoms with Gasteiger partial charge >= 0.3 is 0 Å². The Morgan fingerprint density at radius 3 is 2.75 bits per heavy atom. The van der Waals surface area contributed by atoms with Crippen LogP contribution in [0.1, 0.15) is 51.5 Å². The molecule has 2 aliphatic carbocycles. The Balaban J connectivity index is 1.73. The van der Waals surface area contributed by atoms with Crippen LogP contribution in [-0.4, -0.2) is 33.0 Å². The predicted molar refractivity (Wildman–Crippen MR) is 73.7 cm³/mol. The van der Waals surface area contributed by atoms with Crippen LogP contribution in [0.4, 0.5) is 5.69 Å². The lowest BCUT2D eigenvalue weighted by atomic mass is 9.84. The van der Waals surface area contributed by atoms with E-state index in [1.807, 2.05) is 17.8 Å². The second-order valence-electron chi connectivity index (χ2n) is 6.14. The molecule has 0 radical (unpaired) electrons. The summed E-state index contributed by atoms with van der Waals surface area (Å²) in [5.74, 6) is 0.511. The maximum Gasteiger partial charge on any atom is 0.257 e. The highest BCUT2D eigenvalue weighted by atomic mass is 16.5. The predicted octanol–water partition coefficient (Wildman–Crippen LogP) is 1.86. The van der Waals surface area contributed by atoms with Gasteiger partial charge in [-0.2, -0.15) is 0 Å². The average molecular weight is 279 g/mol. The van der Waals surface area contributed by atoms with Gasteiger partial charge in [-0.3, -0.25) is 9.48 Å². The molecule has 1 aromatic heterocycles. The Bertz CT molecular complexity index is 484. The Hall–Kier alpha value is -1.56. The number of amides is 1. The standard InChI is InChI=1S/C14H21N3O3/c1-14(19)6-4-10(5-7-14)17-8-12(15-9-18)13(16-17)20-11-2-3-11/h8-11,19H,2-7H2,1H3,(H,15,18)/t10-,14-. The van der Waals surface area contributed by atoms with Crippen molar-refractivity contribution in [2.75, 3.05) is 5.32 Å². The Labute approximate surface area is 118 Å². The molecule has 6 heteroatoms. The summed E-state index contributed by atoms with van der Waals surface area (Å²) in [6, 6.07) is 0.263. The SMILES string of the molecule is C[C@]1(O)CC[C@H](n2cc(NC=O)c(OC3CC3)n2)CC1. The molecule has 2 fully saturated rings. The van der Waals surface area contributed by atoms with Crippen molar-refractivity contribution in [1.82, 2.24) is 9.78 Å². The minimum absolute atomic E-state index is 0.248. The second-order valence-corrected chi connectivity index (χ2v) is 6.14. The summed E-state index contributed by atoms with van der Waals surface area (Å²) in [5.41, 5.74) is 0.0742. The molecule has 0 atom stereocenters. The molecule has 0 aliphatic heterocycles. The van der Waals surface area contributed by atoms with E-state index < -0.39 is 5.60 Å². The van der Waals surface area contributed by atoms with Crippen molar-refractivity contribution >= 4 is 12.1 Å². The first kappa shape index (κ1) is 13.4. The molecule has 2 N–H and O–H groups in total. The van der Waals surface area contributed by atoms with Gasteiger partial charge in [0, 0.05) is 0 Å². The largest absolute Gasteiger partial charge is 0.472 e. The first-order valence-corrected chi connectivity index (χ1v) is 7.26. The molecular formula is C14H21N3O3. The third kappa shape index (κ3) is 2.95. The summed E-state index contributed by atoms with van der Waals surface area (Å²) in [6.45, 7) is 1.88. The van der Waals surface area contributed by atoms with Crippen molar-refractivity contribution in [3.63, 3.8) is 0 Å².